The van der Waals surface area contributed by atoms with Gasteiger partial charge in [0, 0.05) is 19.3 Å². The van der Waals surface area contributed by atoms with Crippen LogP contribution in [0.1, 0.15) is 374 Å². The highest BCUT2D eigenvalue weighted by Crippen LogP contribution is 2.19. The predicted octanol–water partition coefficient (Wildman–Crippen LogP) is 21.5. The van der Waals surface area contributed by atoms with E-state index in [1.165, 1.54) is 276 Å². The number of hydrogen-bond acceptors (Lipinski definition) is 6. The summed E-state index contributed by atoms with van der Waals surface area (Å²) in [6.07, 6.45) is 68.2. The van der Waals surface area contributed by atoms with Crippen LogP contribution in [0, 0.1) is 0 Å². The molecule has 0 N–H and O–H groups in total. The molecule has 0 amide bonds. The predicted molar refractivity (Wildman–Crippen MR) is 303 cm³/mol. The fraction of sp³-hybridized carbons (Fsp3) is 0.953. The Balaban J connectivity index is 4.26. The molecule has 0 aliphatic rings. The summed E-state index contributed by atoms with van der Waals surface area (Å²) < 4.78 is 17.0. The third-order valence-corrected chi connectivity index (χ3v) is 14.9. The number of ether oxygens (including phenoxy) is 3. The Morgan fingerprint density at radius 2 is 0.386 bits per heavy atom. The van der Waals surface area contributed by atoms with Crippen molar-refractivity contribution in [2.75, 3.05) is 13.2 Å². The fourth-order valence-corrected chi connectivity index (χ4v) is 10.0. The molecular weight excluding hydrogens is 865 g/mol. The van der Waals surface area contributed by atoms with Crippen LogP contribution in [0.4, 0.5) is 0 Å². The van der Waals surface area contributed by atoms with E-state index in [0.717, 1.165) is 57.8 Å². The molecule has 0 aromatic carbocycles. The van der Waals surface area contributed by atoms with E-state index in [9.17, 15) is 14.4 Å². The third kappa shape index (κ3) is 57.3. The van der Waals surface area contributed by atoms with E-state index >= 15 is 0 Å². The van der Waals surface area contributed by atoms with Gasteiger partial charge < -0.3 is 14.2 Å². The normalized spacial score (nSPS) is 11.9. The second-order valence-electron chi connectivity index (χ2n) is 22.1. The quantitative estimate of drug-likeness (QED) is 0.0343. The molecule has 416 valence electrons. The maximum atomic E-state index is 12.9. The summed E-state index contributed by atoms with van der Waals surface area (Å²) in [5.41, 5.74) is 0. The monoisotopic (exact) mass is 989 g/mol. The van der Waals surface area contributed by atoms with Gasteiger partial charge in [-0.15, -0.1) is 0 Å². The van der Waals surface area contributed by atoms with Crippen LogP contribution in [-0.2, 0) is 28.6 Å². The van der Waals surface area contributed by atoms with E-state index < -0.39 is 6.10 Å². The van der Waals surface area contributed by atoms with E-state index in [0.29, 0.717) is 19.3 Å². The molecule has 0 saturated heterocycles. The van der Waals surface area contributed by atoms with Gasteiger partial charge in [0.15, 0.2) is 6.10 Å². The Hall–Kier alpha value is -1.59. The van der Waals surface area contributed by atoms with Crippen molar-refractivity contribution in [3.05, 3.63) is 0 Å². The van der Waals surface area contributed by atoms with Crippen LogP contribution in [0.25, 0.3) is 0 Å². The molecule has 1 atom stereocenters. The first-order valence-electron chi connectivity index (χ1n) is 32.0. The number of esters is 3. The van der Waals surface area contributed by atoms with Gasteiger partial charge in [0.05, 0.1) is 0 Å². The van der Waals surface area contributed by atoms with Gasteiger partial charge in [0.2, 0.25) is 0 Å². The van der Waals surface area contributed by atoms with E-state index in [2.05, 4.69) is 20.8 Å². The minimum atomic E-state index is -0.762. The van der Waals surface area contributed by atoms with Crippen molar-refractivity contribution in [3.8, 4) is 0 Å². The van der Waals surface area contributed by atoms with Crippen LogP contribution in [0.2, 0.25) is 0 Å². The SMILES string of the molecule is CCCCCCCCCCCCCCCCCCCCCCC(=O)OCC(COC(=O)CCCCCCCCCCCCCCCCCC)OC(=O)CCCCCCCCCCCCCCCCCC. The van der Waals surface area contributed by atoms with E-state index in [1.807, 2.05) is 0 Å². The Morgan fingerprint density at radius 3 is 0.571 bits per heavy atom. The Kier molecular flexibility index (Phi) is 58.6. The summed E-state index contributed by atoms with van der Waals surface area (Å²) in [7, 11) is 0. The smallest absolute Gasteiger partial charge is 0.306 e. The van der Waals surface area contributed by atoms with Crippen molar-refractivity contribution in [1.82, 2.24) is 0 Å². The van der Waals surface area contributed by atoms with Gasteiger partial charge in [-0.25, -0.2) is 0 Å². The molecule has 70 heavy (non-hydrogen) atoms. The molecular formula is C64H124O6. The van der Waals surface area contributed by atoms with Gasteiger partial charge in [-0.05, 0) is 19.3 Å². The standard InChI is InChI=1S/C64H124O6/c1-4-7-10-13-16-19-22-25-28-31-32-33-34-37-39-42-45-48-51-54-57-63(66)69-60-61(70-64(67)58-55-52-49-46-43-40-36-30-27-24-21-18-15-12-9-6-3)59-68-62(65)56-53-50-47-44-41-38-35-29-26-23-20-17-14-11-8-5-2/h61H,4-60H2,1-3H3. The van der Waals surface area contributed by atoms with Gasteiger partial charge in [-0.2, -0.15) is 0 Å². The van der Waals surface area contributed by atoms with Crippen molar-refractivity contribution in [3.63, 3.8) is 0 Å². The van der Waals surface area contributed by atoms with Crippen molar-refractivity contribution in [2.45, 2.75) is 380 Å². The molecule has 0 aliphatic heterocycles. The summed E-state index contributed by atoms with van der Waals surface area (Å²) in [6.45, 7) is 6.73. The summed E-state index contributed by atoms with van der Waals surface area (Å²) in [6, 6.07) is 0. The molecule has 0 heterocycles. The van der Waals surface area contributed by atoms with Crippen molar-refractivity contribution in [2.24, 2.45) is 0 Å². The highest BCUT2D eigenvalue weighted by atomic mass is 16.6. The topological polar surface area (TPSA) is 78.9 Å². The second-order valence-corrected chi connectivity index (χ2v) is 22.1. The maximum absolute atomic E-state index is 12.9. The molecule has 0 aromatic rings. The molecule has 0 rings (SSSR count). The van der Waals surface area contributed by atoms with Gasteiger partial charge >= 0.3 is 17.9 Å². The summed E-state index contributed by atoms with van der Waals surface area (Å²) in [4.78, 5) is 38.3. The average Bonchev–Trinajstić information content (AvgIpc) is 3.36. The average molecular weight is 990 g/mol. The molecule has 0 bridgehead atoms. The molecule has 6 heteroatoms. The van der Waals surface area contributed by atoms with E-state index in [1.54, 1.807) is 0 Å². The van der Waals surface area contributed by atoms with Crippen LogP contribution in [0.5, 0.6) is 0 Å². The maximum Gasteiger partial charge on any atom is 0.306 e. The Morgan fingerprint density at radius 1 is 0.229 bits per heavy atom. The molecule has 0 saturated carbocycles. The van der Waals surface area contributed by atoms with Crippen molar-refractivity contribution < 1.29 is 28.6 Å². The first-order chi connectivity index (χ1) is 34.5. The van der Waals surface area contributed by atoms with Crippen molar-refractivity contribution >= 4 is 17.9 Å². The molecule has 6 nitrogen and oxygen atoms in total. The lowest BCUT2D eigenvalue weighted by Gasteiger charge is -2.18. The Bertz CT molecular complexity index is 1040. The summed E-state index contributed by atoms with van der Waals surface area (Å²) >= 11 is 0. The molecule has 0 radical (unpaired) electrons. The zero-order chi connectivity index (χ0) is 50.7. The lowest BCUT2D eigenvalue weighted by atomic mass is 10.0. The van der Waals surface area contributed by atoms with Crippen LogP contribution in [0.3, 0.4) is 0 Å². The second kappa shape index (κ2) is 60.0. The number of hydrogen-bond donors (Lipinski definition) is 0. The number of rotatable bonds is 60. The summed E-state index contributed by atoms with van der Waals surface area (Å²) in [5, 5.41) is 0. The van der Waals surface area contributed by atoms with Gasteiger partial charge in [-0.3, -0.25) is 14.4 Å². The molecule has 0 aromatic heterocycles. The van der Waals surface area contributed by atoms with Crippen LogP contribution < -0.4 is 0 Å². The third-order valence-electron chi connectivity index (χ3n) is 14.9. The minimum absolute atomic E-state index is 0.0605. The number of carbonyl (C=O) groups excluding carboxylic acids is 3. The van der Waals surface area contributed by atoms with Gasteiger partial charge in [0.25, 0.3) is 0 Å². The first kappa shape index (κ1) is 68.4. The molecule has 0 aliphatic carbocycles. The van der Waals surface area contributed by atoms with Crippen LogP contribution in [0.15, 0.2) is 0 Å². The highest BCUT2D eigenvalue weighted by Gasteiger charge is 2.19. The molecule has 0 fully saturated rings. The lowest BCUT2D eigenvalue weighted by molar-refractivity contribution is -0.167. The highest BCUT2D eigenvalue weighted by molar-refractivity contribution is 5.71. The van der Waals surface area contributed by atoms with Crippen LogP contribution in [-0.4, -0.2) is 37.2 Å². The zero-order valence-corrected chi connectivity index (χ0v) is 47.8. The molecule has 0 spiro atoms. The van der Waals surface area contributed by atoms with Crippen molar-refractivity contribution in [1.29, 1.82) is 0 Å². The zero-order valence-electron chi connectivity index (χ0n) is 47.8. The van der Waals surface area contributed by atoms with E-state index in [4.69, 9.17) is 14.2 Å². The van der Waals surface area contributed by atoms with Gasteiger partial charge in [-0.1, -0.05) is 335 Å². The largest absolute Gasteiger partial charge is 0.462 e. The number of carbonyl (C=O) groups is 3. The molecule has 1 unspecified atom stereocenters. The number of unbranched alkanes of at least 4 members (excludes halogenated alkanes) is 49. The lowest BCUT2D eigenvalue weighted by Crippen LogP contribution is -2.30. The summed E-state index contributed by atoms with van der Waals surface area (Å²) in [5.74, 6) is -0.824. The Labute approximate surface area is 438 Å². The minimum Gasteiger partial charge on any atom is -0.462 e. The fourth-order valence-electron chi connectivity index (χ4n) is 10.0. The van der Waals surface area contributed by atoms with E-state index in [-0.39, 0.29) is 31.1 Å². The van der Waals surface area contributed by atoms with Crippen LogP contribution >= 0.6 is 0 Å². The first-order valence-corrected chi connectivity index (χ1v) is 32.0. The van der Waals surface area contributed by atoms with Gasteiger partial charge in [0.1, 0.15) is 13.2 Å².